The Labute approximate surface area is 260 Å². The summed E-state index contributed by atoms with van der Waals surface area (Å²) in [6.07, 6.45) is 9.43. The van der Waals surface area contributed by atoms with Crippen LogP contribution in [0.4, 0.5) is 16.3 Å². The average Bonchev–Trinajstić information content (AvgIpc) is 3.65. The van der Waals surface area contributed by atoms with Gasteiger partial charge in [0.05, 0.1) is 23.6 Å². The first-order valence-electron chi connectivity index (χ1n) is 15.8. The molecule has 230 valence electrons. The standard InChI is InChI=1S/C36H43N5O3/c1-23-8-12-29(13-9-23)41-32(22-31(40-41)36(2,3)4)39-35(43)38-28-7-5-6-26(20-28)33(25-14-17-37-18-15-25)34(42)27-11-10-24-16-19-44-30(24)21-27/h5-9,12-13,16,19-22,24-25,30,33,37H,10-11,14-15,17-18H2,1-4H3,(H2,38,39,43). The highest BCUT2D eigenvalue weighted by Gasteiger charge is 2.36. The maximum atomic E-state index is 14.2. The summed E-state index contributed by atoms with van der Waals surface area (Å²) in [4.78, 5) is 27.5. The largest absolute Gasteiger partial charge is 0.494 e. The van der Waals surface area contributed by atoms with E-state index in [1.165, 1.54) is 0 Å². The zero-order chi connectivity index (χ0) is 30.8. The summed E-state index contributed by atoms with van der Waals surface area (Å²) in [5.41, 5.74) is 5.15. The fourth-order valence-corrected chi connectivity index (χ4v) is 6.50. The number of nitrogens with one attached hydrogen (secondary N) is 3. The van der Waals surface area contributed by atoms with Crippen LogP contribution in [-0.4, -0.2) is 40.8 Å². The molecule has 1 aromatic heterocycles. The van der Waals surface area contributed by atoms with Crippen LogP contribution in [0.1, 0.15) is 69.2 Å². The van der Waals surface area contributed by atoms with Crippen LogP contribution >= 0.6 is 0 Å². The van der Waals surface area contributed by atoms with Gasteiger partial charge in [-0.05, 0) is 99.2 Å². The maximum Gasteiger partial charge on any atom is 0.324 e. The van der Waals surface area contributed by atoms with E-state index in [9.17, 15) is 9.59 Å². The first-order valence-corrected chi connectivity index (χ1v) is 15.8. The third-order valence-corrected chi connectivity index (χ3v) is 9.05. The Bertz CT molecular complexity index is 1570. The Morgan fingerprint density at radius 2 is 1.80 bits per heavy atom. The van der Waals surface area contributed by atoms with Crippen LogP contribution < -0.4 is 16.0 Å². The molecule has 1 aliphatic carbocycles. The lowest BCUT2D eigenvalue weighted by Gasteiger charge is -2.32. The molecule has 3 unspecified atom stereocenters. The van der Waals surface area contributed by atoms with E-state index < -0.39 is 0 Å². The van der Waals surface area contributed by atoms with Crippen LogP contribution in [0.25, 0.3) is 5.69 Å². The quantitative estimate of drug-likeness (QED) is 0.274. The zero-order valence-electron chi connectivity index (χ0n) is 26.1. The number of hydrogen-bond donors (Lipinski definition) is 3. The minimum Gasteiger partial charge on any atom is -0.494 e. The maximum absolute atomic E-state index is 14.2. The number of benzene rings is 2. The molecule has 1 fully saturated rings. The van der Waals surface area contributed by atoms with Crippen LogP contribution in [0.2, 0.25) is 0 Å². The van der Waals surface area contributed by atoms with Crippen molar-refractivity contribution in [1.29, 1.82) is 0 Å². The Balaban J connectivity index is 1.24. The second kappa shape index (κ2) is 12.4. The molecule has 1 saturated heterocycles. The molecule has 3 heterocycles. The third kappa shape index (κ3) is 6.50. The van der Waals surface area contributed by atoms with E-state index in [1.807, 2.05) is 67.6 Å². The van der Waals surface area contributed by atoms with E-state index in [1.54, 1.807) is 10.9 Å². The van der Waals surface area contributed by atoms with Crippen molar-refractivity contribution in [3.63, 3.8) is 0 Å². The number of nitrogens with zero attached hydrogens (tertiary/aromatic N) is 2. The monoisotopic (exact) mass is 593 g/mol. The number of ketones is 1. The van der Waals surface area contributed by atoms with Crippen LogP contribution in [0.3, 0.4) is 0 Å². The number of aromatic nitrogens is 2. The van der Waals surface area contributed by atoms with E-state index in [0.717, 1.165) is 66.9 Å². The van der Waals surface area contributed by atoms with E-state index >= 15 is 0 Å². The molecule has 0 saturated carbocycles. The smallest absolute Gasteiger partial charge is 0.324 e. The van der Waals surface area contributed by atoms with Crippen LogP contribution in [0, 0.1) is 18.8 Å². The predicted molar refractivity (Wildman–Crippen MR) is 174 cm³/mol. The molecule has 44 heavy (non-hydrogen) atoms. The molecular formula is C36H43N5O3. The van der Waals surface area contributed by atoms with Gasteiger partial charge in [0, 0.05) is 23.1 Å². The average molecular weight is 594 g/mol. The summed E-state index contributed by atoms with van der Waals surface area (Å²) in [6, 6.07) is 17.4. The lowest BCUT2D eigenvalue weighted by atomic mass is 9.74. The van der Waals surface area contributed by atoms with E-state index in [4.69, 9.17) is 9.84 Å². The van der Waals surface area contributed by atoms with Crippen LogP contribution in [-0.2, 0) is 14.9 Å². The molecule has 8 nitrogen and oxygen atoms in total. The van der Waals surface area contributed by atoms with Gasteiger partial charge in [0.25, 0.3) is 0 Å². The topological polar surface area (TPSA) is 97.3 Å². The number of allylic oxidation sites excluding steroid dienone is 1. The van der Waals surface area contributed by atoms with Gasteiger partial charge in [-0.15, -0.1) is 0 Å². The van der Waals surface area contributed by atoms with Crippen molar-refractivity contribution < 1.29 is 14.3 Å². The Hall–Kier alpha value is -4.17. The van der Waals surface area contributed by atoms with Gasteiger partial charge < -0.3 is 15.4 Å². The Morgan fingerprint density at radius 3 is 2.55 bits per heavy atom. The number of ether oxygens (including phenoxy) is 1. The lowest BCUT2D eigenvalue weighted by Crippen LogP contribution is -2.35. The van der Waals surface area contributed by atoms with Crippen molar-refractivity contribution >= 4 is 23.3 Å². The molecule has 3 N–H and O–H groups in total. The second-order valence-electron chi connectivity index (χ2n) is 13.4. The van der Waals surface area contributed by atoms with Gasteiger partial charge in [-0.25, -0.2) is 9.48 Å². The fraction of sp³-hybridized carbons (Fsp3) is 0.417. The molecule has 2 amide bonds. The summed E-state index contributed by atoms with van der Waals surface area (Å²) in [5, 5.41) is 14.3. The third-order valence-electron chi connectivity index (χ3n) is 9.05. The number of Topliss-reactive ketones (excluding diaryl/α,β-unsaturated/α-hetero) is 1. The summed E-state index contributed by atoms with van der Waals surface area (Å²) in [6.45, 7) is 10.1. The number of carbonyl (C=O) groups excluding carboxylic acids is 2. The molecule has 0 radical (unpaired) electrons. The highest BCUT2D eigenvalue weighted by Crippen LogP contribution is 2.39. The van der Waals surface area contributed by atoms with Crippen molar-refractivity contribution in [1.82, 2.24) is 15.1 Å². The van der Waals surface area contributed by atoms with E-state index in [2.05, 4.69) is 42.8 Å². The van der Waals surface area contributed by atoms with Crippen molar-refractivity contribution in [2.24, 2.45) is 11.8 Å². The summed E-state index contributed by atoms with van der Waals surface area (Å²) >= 11 is 0. The van der Waals surface area contributed by atoms with Crippen molar-refractivity contribution in [3.8, 4) is 5.69 Å². The highest BCUT2D eigenvalue weighted by atomic mass is 16.5. The molecular weight excluding hydrogens is 550 g/mol. The first-order chi connectivity index (χ1) is 21.2. The van der Waals surface area contributed by atoms with Gasteiger partial charge >= 0.3 is 6.03 Å². The molecule has 0 spiro atoms. The Morgan fingerprint density at radius 1 is 1.02 bits per heavy atom. The second-order valence-corrected chi connectivity index (χ2v) is 13.4. The van der Waals surface area contributed by atoms with Gasteiger partial charge in [-0.3, -0.25) is 10.1 Å². The summed E-state index contributed by atoms with van der Waals surface area (Å²) in [5.74, 6) is 1.09. The normalized spacial score (nSPS) is 20.8. The number of fused-ring (bicyclic) bond motifs is 1. The zero-order valence-corrected chi connectivity index (χ0v) is 26.1. The van der Waals surface area contributed by atoms with Gasteiger partial charge in [0.15, 0.2) is 5.78 Å². The van der Waals surface area contributed by atoms with Gasteiger partial charge in [0.2, 0.25) is 0 Å². The first kappa shape index (κ1) is 29.9. The van der Waals surface area contributed by atoms with Crippen LogP contribution in [0.5, 0.6) is 0 Å². The van der Waals surface area contributed by atoms with Crippen molar-refractivity contribution in [2.45, 2.75) is 70.8 Å². The van der Waals surface area contributed by atoms with Gasteiger partial charge in [-0.2, -0.15) is 5.10 Å². The minimum absolute atomic E-state index is 0.0415. The van der Waals surface area contributed by atoms with Crippen LogP contribution in [0.15, 0.2) is 78.6 Å². The number of hydrogen-bond acceptors (Lipinski definition) is 5. The number of piperidine rings is 1. The number of amides is 2. The molecule has 6 rings (SSSR count). The predicted octanol–water partition coefficient (Wildman–Crippen LogP) is 7.02. The number of urea groups is 1. The molecule has 2 aromatic carbocycles. The molecule has 0 bridgehead atoms. The van der Waals surface area contributed by atoms with Crippen molar-refractivity contribution in [3.05, 3.63) is 95.4 Å². The number of carbonyl (C=O) groups is 2. The minimum atomic E-state index is -0.368. The van der Waals surface area contributed by atoms with Gasteiger partial charge in [-0.1, -0.05) is 50.6 Å². The summed E-state index contributed by atoms with van der Waals surface area (Å²) < 4.78 is 7.53. The number of rotatable bonds is 7. The van der Waals surface area contributed by atoms with Crippen molar-refractivity contribution in [2.75, 3.05) is 23.7 Å². The molecule has 8 heteroatoms. The molecule has 3 aliphatic rings. The summed E-state index contributed by atoms with van der Waals surface area (Å²) in [7, 11) is 0. The Kier molecular flexibility index (Phi) is 8.45. The SMILES string of the molecule is Cc1ccc(-n2nc(C(C)(C)C)cc2NC(=O)Nc2cccc(C(C(=O)C3=CC4OC=CC4CC3)C3CCNCC3)c2)cc1. The molecule has 3 atom stereocenters. The number of aryl methyl sites for hydroxylation is 1. The molecule has 2 aliphatic heterocycles. The lowest BCUT2D eigenvalue weighted by molar-refractivity contribution is -0.118. The fourth-order valence-electron chi connectivity index (χ4n) is 6.50. The number of anilines is 2. The van der Waals surface area contributed by atoms with E-state index in [-0.39, 0.29) is 35.2 Å². The van der Waals surface area contributed by atoms with Gasteiger partial charge in [0.1, 0.15) is 11.9 Å². The van der Waals surface area contributed by atoms with E-state index in [0.29, 0.717) is 17.4 Å². The molecule has 3 aromatic rings. The highest BCUT2D eigenvalue weighted by molar-refractivity contribution is 6.02.